The fraction of sp³-hybridized carbons (Fsp3) is 0.200. The van der Waals surface area contributed by atoms with Crippen molar-refractivity contribution in [3.8, 4) is 0 Å². The Morgan fingerprint density at radius 3 is 2.41 bits per heavy atom. The quantitative estimate of drug-likeness (QED) is 0.626. The molecule has 0 saturated heterocycles. The highest BCUT2D eigenvalue weighted by Crippen LogP contribution is 2.29. The summed E-state index contributed by atoms with van der Waals surface area (Å²) in [5.74, 6) is -1.14. The second kappa shape index (κ2) is 6.87. The molecule has 0 aliphatic heterocycles. The molecule has 22 heavy (non-hydrogen) atoms. The predicted octanol–water partition coefficient (Wildman–Crippen LogP) is 0.784. The van der Waals surface area contributed by atoms with E-state index >= 15 is 0 Å². The van der Waals surface area contributed by atoms with Crippen LogP contribution in [0.2, 0.25) is 0 Å². The first-order chi connectivity index (χ1) is 10.5. The molecular weight excluding hydrogens is 352 g/mol. The molecule has 116 valence electrons. The summed E-state index contributed by atoms with van der Waals surface area (Å²) in [5.41, 5.74) is 5.87. The van der Waals surface area contributed by atoms with Crippen LogP contribution in [-0.2, 0) is 0 Å². The standard InChI is InChI=1S/C15H15BrN2O4/c16-12-5-4-11(15(22)18-8(6-19)7-20)13-9(12)2-1-3-10(13)14(17)21/h1-5,8,19-20H,6-7H2,(H2,17,21)(H,18,22). The van der Waals surface area contributed by atoms with Crippen LogP contribution in [0.15, 0.2) is 34.8 Å². The molecule has 2 amide bonds. The summed E-state index contributed by atoms with van der Waals surface area (Å²) in [6.45, 7) is -0.779. The van der Waals surface area contributed by atoms with Gasteiger partial charge in [-0.3, -0.25) is 9.59 Å². The maximum absolute atomic E-state index is 12.4. The molecule has 6 nitrogen and oxygen atoms in total. The lowest BCUT2D eigenvalue weighted by molar-refractivity contribution is 0.0881. The molecule has 0 aliphatic carbocycles. The normalized spacial score (nSPS) is 10.9. The summed E-state index contributed by atoms with van der Waals surface area (Å²) in [5, 5.41) is 21.7. The number of primary amides is 1. The summed E-state index contributed by atoms with van der Waals surface area (Å²) in [6.07, 6.45) is 0. The van der Waals surface area contributed by atoms with Crippen LogP contribution in [0.4, 0.5) is 0 Å². The first-order valence-corrected chi connectivity index (χ1v) is 7.32. The van der Waals surface area contributed by atoms with Crippen molar-refractivity contribution >= 4 is 38.5 Å². The van der Waals surface area contributed by atoms with E-state index in [4.69, 9.17) is 15.9 Å². The molecule has 2 aromatic rings. The second-order valence-electron chi connectivity index (χ2n) is 4.72. The smallest absolute Gasteiger partial charge is 0.252 e. The topological polar surface area (TPSA) is 113 Å². The van der Waals surface area contributed by atoms with Crippen LogP contribution in [0.5, 0.6) is 0 Å². The van der Waals surface area contributed by atoms with Crippen LogP contribution in [-0.4, -0.2) is 41.3 Å². The Balaban J connectivity index is 2.61. The number of amides is 2. The number of fused-ring (bicyclic) bond motifs is 1. The molecule has 7 heteroatoms. The van der Waals surface area contributed by atoms with Gasteiger partial charge in [0.1, 0.15) is 0 Å². The monoisotopic (exact) mass is 366 g/mol. The van der Waals surface area contributed by atoms with E-state index in [1.165, 1.54) is 0 Å². The van der Waals surface area contributed by atoms with E-state index in [9.17, 15) is 9.59 Å². The van der Waals surface area contributed by atoms with Gasteiger partial charge in [-0.25, -0.2) is 0 Å². The Morgan fingerprint density at radius 2 is 1.82 bits per heavy atom. The first kappa shape index (κ1) is 16.4. The zero-order valence-corrected chi connectivity index (χ0v) is 13.1. The number of benzene rings is 2. The van der Waals surface area contributed by atoms with Crippen molar-refractivity contribution in [2.24, 2.45) is 5.73 Å². The van der Waals surface area contributed by atoms with Gasteiger partial charge in [-0.2, -0.15) is 0 Å². The number of rotatable bonds is 5. The van der Waals surface area contributed by atoms with Crippen molar-refractivity contribution in [2.45, 2.75) is 6.04 Å². The zero-order chi connectivity index (χ0) is 16.3. The van der Waals surface area contributed by atoms with E-state index in [1.807, 2.05) is 0 Å². The van der Waals surface area contributed by atoms with Crippen LogP contribution in [0.3, 0.4) is 0 Å². The molecule has 2 rings (SSSR count). The van der Waals surface area contributed by atoms with E-state index in [-0.39, 0.29) is 24.3 Å². The number of carbonyl (C=O) groups is 2. The van der Waals surface area contributed by atoms with Gasteiger partial charge in [-0.15, -0.1) is 0 Å². The first-order valence-electron chi connectivity index (χ1n) is 6.53. The van der Waals surface area contributed by atoms with Crippen molar-refractivity contribution < 1.29 is 19.8 Å². The number of aliphatic hydroxyl groups is 2. The highest BCUT2D eigenvalue weighted by Gasteiger charge is 2.19. The maximum atomic E-state index is 12.4. The van der Waals surface area contributed by atoms with Crippen LogP contribution >= 0.6 is 15.9 Å². The summed E-state index contributed by atoms with van der Waals surface area (Å²) >= 11 is 3.38. The van der Waals surface area contributed by atoms with Crippen molar-refractivity contribution in [1.29, 1.82) is 0 Å². The van der Waals surface area contributed by atoms with Crippen molar-refractivity contribution in [2.75, 3.05) is 13.2 Å². The van der Waals surface area contributed by atoms with Gasteiger partial charge in [0.15, 0.2) is 0 Å². The van der Waals surface area contributed by atoms with Crippen LogP contribution in [0.25, 0.3) is 10.8 Å². The van der Waals surface area contributed by atoms with Crippen molar-refractivity contribution in [1.82, 2.24) is 5.32 Å². The molecule has 0 saturated carbocycles. The lowest BCUT2D eigenvalue weighted by atomic mass is 9.98. The lowest BCUT2D eigenvalue weighted by Crippen LogP contribution is -2.40. The fourth-order valence-corrected chi connectivity index (χ4v) is 2.64. The number of hydrogen-bond acceptors (Lipinski definition) is 4. The van der Waals surface area contributed by atoms with Gasteiger partial charge in [0.2, 0.25) is 5.91 Å². The molecule has 0 aromatic heterocycles. The molecule has 0 heterocycles. The van der Waals surface area contributed by atoms with Crippen LogP contribution in [0.1, 0.15) is 20.7 Å². The van der Waals surface area contributed by atoms with E-state index in [1.54, 1.807) is 30.3 Å². The summed E-state index contributed by atoms with van der Waals surface area (Å²) in [6, 6.07) is 7.46. The summed E-state index contributed by atoms with van der Waals surface area (Å²) in [4.78, 5) is 24.0. The third-order valence-electron chi connectivity index (χ3n) is 3.27. The number of hydrogen-bond donors (Lipinski definition) is 4. The van der Waals surface area contributed by atoms with Crippen molar-refractivity contribution in [3.63, 3.8) is 0 Å². The minimum absolute atomic E-state index is 0.230. The summed E-state index contributed by atoms with van der Waals surface area (Å²) < 4.78 is 0.725. The fourth-order valence-electron chi connectivity index (χ4n) is 2.18. The largest absolute Gasteiger partial charge is 0.394 e. The average molecular weight is 367 g/mol. The highest BCUT2D eigenvalue weighted by molar-refractivity contribution is 9.10. The van der Waals surface area contributed by atoms with Gasteiger partial charge in [-0.1, -0.05) is 28.1 Å². The molecule has 0 radical (unpaired) electrons. The zero-order valence-electron chi connectivity index (χ0n) is 11.5. The third kappa shape index (κ3) is 3.11. The Labute approximate surface area is 135 Å². The van der Waals surface area contributed by atoms with Crippen LogP contribution < -0.4 is 11.1 Å². The molecule has 0 fully saturated rings. The number of carbonyl (C=O) groups excluding carboxylic acids is 2. The Kier molecular flexibility index (Phi) is 5.12. The molecule has 0 bridgehead atoms. The predicted molar refractivity (Wildman–Crippen MR) is 85.6 cm³/mol. The Bertz CT molecular complexity index is 729. The van der Waals surface area contributed by atoms with Gasteiger partial charge in [0.25, 0.3) is 5.91 Å². The molecule has 0 spiro atoms. The Morgan fingerprint density at radius 1 is 1.14 bits per heavy atom. The highest BCUT2D eigenvalue weighted by atomic mass is 79.9. The second-order valence-corrected chi connectivity index (χ2v) is 5.58. The lowest BCUT2D eigenvalue weighted by Gasteiger charge is -2.16. The minimum atomic E-state index is -0.771. The number of nitrogens with one attached hydrogen (secondary N) is 1. The number of nitrogens with two attached hydrogens (primary N) is 1. The minimum Gasteiger partial charge on any atom is -0.394 e. The van der Waals surface area contributed by atoms with Crippen LogP contribution in [0, 0.1) is 0 Å². The van der Waals surface area contributed by atoms with Gasteiger partial charge in [-0.05, 0) is 23.6 Å². The molecule has 5 N–H and O–H groups in total. The van der Waals surface area contributed by atoms with Gasteiger partial charge < -0.3 is 21.3 Å². The van der Waals surface area contributed by atoms with Gasteiger partial charge in [0, 0.05) is 21.0 Å². The Hall–Kier alpha value is -1.96. The van der Waals surface area contributed by atoms with E-state index in [0.29, 0.717) is 10.8 Å². The van der Waals surface area contributed by atoms with E-state index in [2.05, 4.69) is 21.2 Å². The van der Waals surface area contributed by atoms with Gasteiger partial charge in [0.05, 0.1) is 19.3 Å². The molecule has 0 atom stereocenters. The molecule has 0 unspecified atom stereocenters. The average Bonchev–Trinajstić information content (AvgIpc) is 2.52. The number of aliphatic hydroxyl groups excluding tert-OH is 2. The molecule has 0 aliphatic rings. The SMILES string of the molecule is NC(=O)c1cccc2c(Br)ccc(C(=O)NC(CO)CO)c12. The van der Waals surface area contributed by atoms with Crippen molar-refractivity contribution in [3.05, 3.63) is 45.9 Å². The summed E-state index contributed by atoms with van der Waals surface area (Å²) in [7, 11) is 0. The molecule has 2 aromatic carbocycles. The maximum Gasteiger partial charge on any atom is 0.252 e. The van der Waals surface area contributed by atoms with E-state index in [0.717, 1.165) is 4.47 Å². The van der Waals surface area contributed by atoms with Gasteiger partial charge >= 0.3 is 0 Å². The molecular formula is C15H15BrN2O4. The number of halogens is 1. The van der Waals surface area contributed by atoms with E-state index < -0.39 is 17.9 Å². The third-order valence-corrected chi connectivity index (χ3v) is 3.97.